The number of methoxy groups -OCH3 is 1. The molecule has 0 aromatic heterocycles. The van der Waals surface area contributed by atoms with Crippen LogP contribution in [0.5, 0.6) is 5.75 Å². The van der Waals surface area contributed by atoms with E-state index in [0.717, 1.165) is 7.11 Å². The lowest BCUT2D eigenvalue weighted by Crippen LogP contribution is -2.62. The fourth-order valence-corrected chi connectivity index (χ4v) is 4.01. The van der Waals surface area contributed by atoms with Crippen molar-refractivity contribution in [3.63, 3.8) is 0 Å². The van der Waals surface area contributed by atoms with Crippen LogP contribution in [0, 0.1) is 0 Å². The number of hydrogen-bond acceptors (Lipinski definition) is 10. The topological polar surface area (TPSA) is 187 Å². The van der Waals surface area contributed by atoms with Gasteiger partial charge in [-0.3, -0.25) is 24.0 Å². The van der Waals surface area contributed by atoms with Crippen LogP contribution in [0.25, 0.3) is 0 Å². The van der Waals surface area contributed by atoms with Crippen LogP contribution >= 0.6 is 0 Å². The van der Waals surface area contributed by atoms with Gasteiger partial charge in [0.15, 0.2) is 0 Å². The van der Waals surface area contributed by atoms with E-state index in [1.54, 1.807) is 65.8 Å². The zero-order chi connectivity index (χ0) is 37.1. The first kappa shape index (κ1) is 41.7. The first-order chi connectivity index (χ1) is 21.8. The summed E-state index contributed by atoms with van der Waals surface area (Å²) in [7, 11) is 1.16. The highest BCUT2D eigenvalue weighted by atomic mass is 16.6. The lowest BCUT2D eigenvalue weighted by atomic mass is 9.99. The Kier molecular flexibility index (Phi) is 14.9. The Morgan fingerprint density at radius 1 is 0.688 bits per heavy atom. The third-order valence-corrected chi connectivity index (χ3v) is 6.11. The minimum atomic E-state index is -1.61. The predicted molar refractivity (Wildman–Crippen MR) is 178 cm³/mol. The van der Waals surface area contributed by atoms with Crippen molar-refractivity contribution in [2.75, 3.05) is 13.7 Å². The quantitative estimate of drug-likeness (QED) is 0.168. The third-order valence-electron chi connectivity index (χ3n) is 6.11. The molecule has 14 heteroatoms. The molecule has 1 aromatic rings. The molecule has 0 unspecified atom stereocenters. The van der Waals surface area contributed by atoms with Gasteiger partial charge in [0.1, 0.15) is 46.7 Å². The SMILES string of the molecule is COC(=O)CNC(=O)[C@H](CCC(=O)OC(C)(C)C)NC(=O)C(C)(C)NC(=O)[C@H](Cc1ccc(OC(C)(C)C)cc1)NC(=O)OC(C)(C)C. The van der Waals surface area contributed by atoms with E-state index >= 15 is 0 Å². The molecule has 4 amide bonds. The molecule has 0 saturated heterocycles. The maximum Gasteiger partial charge on any atom is 0.408 e. The van der Waals surface area contributed by atoms with Gasteiger partial charge in [-0.05, 0) is 100 Å². The van der Waals surface area contributed by atoms with Crippen LogP contribution in [-0.2, 0) is 44.6 Å². The number of alkyl carbamates (subject to hydrolysis) is 1. The molecular formula is C34H54N4O10. The first-order valence-electron chi connectivity index (χ1n) is 15.8. The molecule has 0 heterocycles. The molecule has 1 rings (SSSR count). The second kappa shape index (κ2) is 17.2. The molecule has 4 N–H and O–H groups in total. The van der Waals surface area contributed by atoms with Crippen molar-refractivity contribution in [2.24, 2.45) is 0 Å². The van der Waals surface area contributed by atoms with Gasteiger partial charge in [0.2, 0.25) is 17.7 Å². The average molecular weight is 679 g/mol. The highest BCUT2D eigenvalue weighted by Crippen LogP contribution is 2.20. The average Bonchev–Trinajstić information content (AvgIpc) is 2.91. The van der Waals surface area contributed by atoms with Gasteiger partial charge < -0.3 is 40.2 Å². The summed E-state index contributed by atoms with van der Waals surface area (Å²) in [6.45, 7) is 18.3. The van der Waals surface area contributed by atoms with Crippen LogP contribution < -0.4 is 26.0 Å². The molecule has 0 radical (unpaired) electrons. The lowest BCUT2D eigenvalue weighted by Gasteiger charge is -2.30. The lowest BCUT2D eigenvalue weighted by molar-refractivity contribution is -0.155. The van der Waals surface area contributed by atoms with Gasteiger partial charge in [-0.1, -0.05) is 12.1 Å². The summed E-state index contributed by atoms with van der Waals surface area (Å²) in [5.41, 5.74) is -2.92. The first-order valence-corrected chi connectivity index (χ1v) is 15.8. The van der Waals surface area contributed by atoms with Crippen LogP contribution in [0.15, 0.2) is 24.3 Å². The highest BCUT2D eigenvalue weighted by molar-refractivity contribution is 5.96. The number of ether oxygens (including phenoxy) is 4. The molecule has 0 aliphatic heterocycles. The molecule has 0 bridgehead atoms. The van der Waals surface area contributed by atoms with Gasteiger partial charge >= 0.3 is 18.0 Å². The Hall–Kier alpha value is -4.36. The summed E-state index contributed by atoms with van der Waals surface area (Å²) in [4.78, 5) is 76.7. The Morgan fingerprint density at radius 2 is 1.25 bits per heavy atom. The zero-order valence-corrected chi connectivity index (χ0v) is 30.4. The molecule has 2 atom stereocenters. The number of rotatable bonds is 14. The van der Waals surface area contributed by atoms with Crippen molar-refractivity contribution in [1.82, 2.24) is 21.3 Å². The van der Waals surface area contributed by atoms with Crippen molar-refractivity contribution in [3.05, 3.63) is 29.8 Å². The number of carbonyl (C=O) groups excluding carboxylic acids is 6. The predicted octanol–water partition coefficient (Wildman–Crippen LogP) is 3.09. The van der Waals surface area contributed by atoms with E-state index in [2.05, 4.69) is 26.0 Å². The fourth-order valence-electron chi connectivity index (χ4n) is 4.01. The van der Waals surface area contributed by atoms with Gasteiger partial charge in [0.25, 0.3) is 0 Å². The van der Waals surface area contributed by atoms with Crippen molar-refractivity contribution < 1.29 is 47.7 Å². The number of hydrogen-bond donors (Lipinski definition) is 4. The summed E-state index contributed by atoms with van der Waals surface area (Å²) in [6, 6.07) is 4.60. The molecule has 0 saturated carbocycles. The molecule has 270 valence electrons. The summed E-state index contributed by atoms with van der Waals surface area (Å²) in [6.07, 6.45) is -1.16. The molecule has 0 fully saturated rings. The smallest absolute Gasteiger partial charge is 0.408 e. The minimum Gasteiger partial charge on any atom is -0.488 e. The summed E-state index contributed by atoms with van der Waals surface area (Å²) in [5, 5.41) is 10.2. The fraction of sp³-hybridized carbons (Fsp3) is 0.647. The van der Waals surface area contributed by atoms with Gasteiger partial charge in [-0.25, -0.2) is 4.79 Å². The summed E-state index contributed by atoms with van der Waals surface area (Å²) >= 11 is 0. The van der Waals surface area contributed by atoms with Gasteiger partial charge in [-0.15, -0.1) is 0 Å². The number of amides is 4. The van der Waals surface area contributed by atoms with E-state index < -0.39 is 76.7 Å². The van der Waals surface area contributed by atoms with Crippen LogP contribution in [0.2, 0.25) is 0 Å². The second-order valence-corrected chi connectivity index (χ2v) is 14.8. The Bertz CT molecular complexity index is 1290. The van der Waals surface area contributed by atoms with E-state index in [1.165, 1.54) is 13.8 Å². The highest BCUT2D eigenvalue weighted by Gasteiger charge is 2.36. The van der Waals surface area contributed by atoms with E-state index in [1.807, 2.05) is 20.8 Å². The molecule has 1 aromatic carbocycles. The van der Waals surface area contributed by atoms with Crippen molar-refractivity contribution in [3.8, 4) is 5.75 Å². The summed E-state index contributed by atoms with van der Waals surface area (Å²) < 4.78 is 21.1. The van der Waals surface area contributed by atoms with Crippen molar-refractivity contribution in [1.29, 1.82) is 0 Å². The number of benzene rings is 1. The second-order valence-electron chi connectivity index (χ2n) is 14.8. The van der Waals surface area contributed by atoms with Crippen LogP contribution in [0.1, 0.15) is 94.6 Å². The van der Waals surface area contributed by atoms with E-state index in [-0.39, 0.29) is 19.3 Å². The number of carbonyl (C=O) groups is 6. The molecule has 0 aliphatic carbocycles. The summed E-state index contributed by atoms with van der Waals surface area (Å²) in [5.74, 6) is -2.89. The standard InChI is InChI=1S/C34H54N4O10/c1-31(2,3)46-22-15-13-21(14-16-22)19-24(37-30(44)48-33(7,8)9)28(42)38-34(10,11)29(43)36-23(27(41)35-20-26(40)45-12)17-18-25(39)47-32(4,5)6/h13-16,23-24H,17-20H2,1-12H3,(H,35,41)(H,36,43)(H,37,44)(H,38,42)/t23-,24-/m0/s1. The Balaban J connectivity index is 3.19. The zero-order valence-electron chi connectivity index (χ0n) is 30.4. The van der Waals surface area contributed by atoms with Crippen LogP contribution in [0.3, 0.4) is 0 Å². The largest absolute Gasteiger partial charge is 0.488 e. The maximum atomic E-state index is 13.6. The normalized spacial score (nSPS) is 13.2. The van der Waals surface area contributed by atoms with E-state index in [4.69, 9.17) is 14.2 Å². The van der Waals surface area contributed by atoms with Gasteiger partial charge in [0.05, 0.1) is 7.11 Å². The van der Waals surface area contributed by atoms with Gasteiger partial charge in [-0.2, -0.15) is 0 Å². The minimum absolute atomic E-state index is 0.0486. The number of nitrogens with one attached hydrogen (secondary N) is 4. The van der Waals surface area contributed by atoms with Crippen LogP contribution in [0.4, 0.5) is 4.79 Å². The van der Waals surface area contributed by atoms with Crippen molar-refractivity contribution in [2.45, 2.75) is 130 Å². The molecule has 0 aliphatic rings. The molecular weight excluding hydrogens is 624 g/mol. The van der Waals surface area contributed by atoms with Crippen LogP contribution in [-0.4, -0.2) is 83.8 Å². The van der Waals surface area contributed by atoms with E-state index in [9.17, 15) is 28.8 Å². The molecule has 48 heavy (non-hydrogen) atoms. The third kappa shape index (κ3) is 17.0. The van der Waals surface area contributed by atoms with Crippen molar-refractivity contribution >= 4 is 35.8 Å². The van der Waals surface area contributed by atoms with Gasteiger partial charge in [0, 0.05) is 12.8 Å². The van der Waals surface area contributed by atoms with E-state index in [0.29, 0.717) is 11.3 Å². The maximum absolute atomic E-state index is 13.6. The monoisotopic (exact) mass is 678 g/mol. The Labute approximate surface area is 283 Å². The Morgan fingerprint density at radius 3 is 1.75 bits per heavy atom. The number of esters is 2. The molecule has 0 spiro atoms. The molecule has 14 nitrogen and oxygen atoms in total.